The van der Waals surface area contributed by atoms with E-state index in [0.29, 0.717) is 45.5 Å². The van der Waals surface area contributed by atoms with Crippen LogP contribution in [0, 0.1) is 5.41 Å². The lowest BCUT2D eigenvalue weighted by Gasteiger charge is -2.23. The highest BCUT2D eigenvalue weighted by atomic mass is 32.2. The number of aliphatic imine (C=N–C) groups is 1. The first-order chi connectivity index (χ1) is 18.0. The molecule has 0 radical (unpaired) electrons. The molecule has 9 nitrogen and oxygen atoms in total. The normalized spacial score (nSPS) is 15.8. The smallest absolute Gasteiger partial charge is 0.283 e. The molecule has 0 saturated heterocycles. The number of allylic oxidation sites excluding steroid dienone is 1. The zero-order valence-electron chi connectivity index (χ0n) is 20.6. The van der Waals surface area contributed by atoms with Crippen LogP contribution >= 0.6 is 23.7 Å². The zero-order valence-corrected chi connectivity index (χ0v) is 22.3. The molecule has 0 atom stereocenters. The number of carbonyl (C=O) groups excluding carboxylic acids is 1. The number of nitrogens with zero attached hydrogens (tertiary/aromatic N) is 3. The van der Waals surface area contributed by atoms with Crippen molar-refractivity contribution in [2.24, 2.45) is 9.39 Å². The highest BCUT2D eigenvalue weighted by molar-refractivity contribution is 8.18. The van der Waals surface area contributed by atoms with Crippen LogP contribution in [0.2, 0.25) is 0 Å². The molecule has 0 saturated carbocycles. The van der Waals surface area contributed by atoms with Crippen molar-refractivity contribution in [3.05, 3.63) is 65.8 Å². The summed E-state index contributed by atoms with van der Waals surface area (Å²) in [5, 5.41) is 9.54. The molecule has 0 aliphatic carbocycles. The van der Waals surface area contributed by atoms with Gasteiger partial charge in [0, 0.05) is 0 Å². The molecule has 2 aromatic rings. The molecule has 2 aliphatic heterocycles. The van der Waals surface area contributed by atoms with Gasteiger partial charge in [0.05, 0.1) is 31.7 Å². The standard InChI is InChI=1S/C26H26N4O5S2/c1-5-6-16-7-9-19(21(14-16)32-2)34-11-12-35-20-10-8-17(15-22(20)33-3)13-18-23(27)30-25(28-24(18)31)37-29-26(30)36-4/h5,7-10,13-15,27H,1,6,11-12H2,2-4H3/b18-13-,27-23?. The highest BCUT2D eigenvalue weighted by Gasteiger charge is 2.37. The number of methoxy groups -OCH3 is 2. The van der Waals surface area contributed by atoms with Gasteiger partial charge in [0.25, 0.3) is 5.91 Å². The number of hydrogen-bond donors (Lipinski definition) is 1. The molecule has 1 N–H and O–H groups in total. The van der Waals surface area contributed by atoms with Gasteiger partial charge in [-0.25, -0.2) is 4.90 Å². The van der Waals surface area contributed by atoms with Crippen LogP contribution < -0.4 is 18.9 Å². The molecule has 2 aromatic carbocycles. The van der Waals surface area contributed by atoms with E-state index in [4.69, 9.17) is 24.4 Å². The second kappa shape index (κ2) is 12.0. The fourth-order valence-corrected chi connectivity index (χ4v) is 5.07. The fraction of sp³-hybridized carbons (Fsp3) is 0.231. The first kappa shape index (κ1) is 26.4. The zero-order chi connectivity index (χ0) is 26.4. The monoisotopic (exact) mass is 538 g/mol. The van der Waals surface area contributed by atoms with Gasteiger partial charge < -0.3 is 18.9 Å². The minimum Gasteiger partial charge on any atom is -0.493 e. The maximum Gasteiger partial charge on any atom is 0.283 e. The van der Waals surface area contributed by atoms with E-state index < -0.39 is 5.91 Å². The van der Waals surface area contributed by atoms with Crippen molar-refractivity contribution in [1.29, 1.82) is 5.41 Å². The van der Waals surface area contributed by atoms with Crippen molar-refractivity contribution >= 4 is 51.9 Å². The van der Waals surface area contributed by atoms with Gasteiger partial charge in [-0.2, -0.15) is 9.39 Å². The van der Waals surface area contributed by atoms with Crippen molar-refractivity contribution in [2.75, 3.05) is 33.7 Å². The second-order valence-corrected chi connectivity index (χ2v) is 9.20. The molecule has 2 heterocycles. The summed E-state index contributed by atoms with van der Waals surface area (Å²) in [5.41, 5.74) is 1.93. The Morgan fingerprint density at radius 1 is 1.05 bits per heavy atom. The predicted molar refractivity (Wildman–Crippen MR) is 149 cm³/mol. The van der Waals surface area contributed by atoms with E-state index in [2.05, 4.69) is 16.0 Å². The molecule has 0 bridgehead atoms. The Morgan fingerprint density at radius 3 is 2.38 bits per heavy atom. The van der Waals surface area contributed by atoms with Crippen LogP contribution in [0.25, 0.3) is 6.08 Å². The van der Waals surface area contributed by atoms with Crippen molar-refractivity contribution < 1.29 is 23.7 Å². The Kier molecular flexibility index (Phi) is 8.57. The average Bonchev–Trinajstić information content (AvgIpc) is 3.33. The number of amidine groups is 3. The molecule has 37 heavy (non-hydrogen) atoms. The molecule has 1 amide bonds. The largest absolute Gasteiger partial charge is 0.493 e. The van der Waals surface area contributed by atoms with Gasteiger partial charge in [0.15, 0.2) is 28.2 Å². The lowest BCUT2D eigenvalue weighted by atomic mass is 10.1. The second-order valence-electron chi connectivity index (χ2n) is 7.70. The summed E-state index contributed by atoms with van der Waals surface area (Å²) in [5.74, 6) is 1.85. The molecule has 0 fully saturated rings. The van der Waals surface area contributed by atoms with Crippen LogP contribution in [0.15, 0.2) is 64.0 Å². The summed E-state index contributed by atoms with van der Waals surface area (Å²) in [6.45, 7) is 4.33. The van der Waals surface area contributed by atoms with Crippen molar-refractivity contribution in [3.8, 4) is 23.0 Å². The molecule has 0 unspecified atom stereocenters. The lowest BCUT2D eigenvalue weighted by Crippen LogP contribution is -2.41. The van der Waals surface area contributed by atoms with Crippen molar-refractivity contribution in [3.63, 3.8) is 0 Å². The van der Waals surface area contributed by atoms with E-state index in [1.165, 1.54) is 11.8 Å². The van der Waals surface area contributed by atoms with Crippen LogP contribution in [-0.2, 0) is 11.2 Å². The first-order valence-corrected chi connectivity index (χ1v) is 13.2. The van der Waals surface area contributed by atoms with E-state index in [1.54, 1.807) is 43.4 Å². The summed E-state index contributed by atoms with van der Waals surface area (Å²) < 4.78 is 26.9. The van der Waals surface area contributed by atoms with Crippen LogP contribution in [0.1, 0.15) is 11.1 Å². The van der Waals surface area contributed by atoms with Gasteiger partial charge in [-0.1, -0.05) is 30.0 Å². The van der Waals surface area contributed by atoms with E-state index in [-0.39, 0.29) is 18.0 Å². The number of benzene rings is 2. The number of amides is 1. The number of carbonyl (C=O) groups is 1. The summed E-state index contributed by atoms with van der Waals surface area (Å²) >= 11 is 2.48. The van der Waals surface area contributed by atoms with E-state index in [1.807, 2.05) is 30.5 Å². The van der Waals surface area contributed by atoms with Gasteiger partial charge in [-0.3, -0.25) is 10.2 Å². The number of hydrogen-bond acceptors (Lipinski definition) is 9. The number of thioether (sulfide) groups is 1. The van der Waals surface area contributed by atoms with Crippen LogP contribution in [0.4, 0.5) is 0 Å². The van der Waals surface area contributed by atoms with Crippen LogP contribution in [-0.4, -0.2) is 60.7 Å². The number of ether oxygens (including phenoxy) is 4. The number of rotatable bonds is 10. The van der Waals surface area contributed by atoms with Crippen LogP contribution in [0.5, 0.6) is 23.0 Å². The topological polar surface area (TPSA) is 106 Å². The minimum atomic E-state index is -0.481. The number of nitrogens with one attached hydrogen (secondary N) is 1. The van der Waals surface area contributed by atoms with E-state index in [9.17, 15) is 4.79 Å². The summed E-state index contributed by atoms with van der Waals surface area (Å²) in [6.07, 6.45) is 6.06. The molecular formula is C26H26N4O5S2. The van der Waals surface area contributed by atoms with Crippen molar-refractivity contribution in [1.82, 2.24) is 4.90 Å². The minimum absolute atomic E-state index is 0.0393. The maximum absolute atomic E-state index is 12.6. The molecule has 192 valence electrons. The predicted octanol–water partition coefficient (Wildman–Crippen LogP) is 4.83. The van der Waals surface area contributed by atoms with E-state index in [0.717, 1.165) is 23.9 Å². The summed E-state index contributed by atoms with van der Waals surface area (Å²) in [7, 11) is 3.14. The first-order valence-electron chi connectivity index (χ1n) is 11.2. The third-order valence-electron chi connectivity index (χ3n) is 5.38. The lowest BCUT2D eigenvalue weighted by molar-refractivity contribution is -0.114. The van der Waals surface area contributed by atoms with Gasteiger partial charge in [-0.15, -0.1) is 6.58 Å². The Morgan fingerprint density at radius 2 is 1.73 bits per heavy atom. The molecule has 11 heteroatoms. The molecule has 2 aliphatic rings. The van der Waals surface area contributed by atoms with Gasteiger partial charge in [0.2, 0.25) is 5.17 Å². The summed E-state index contributed by atoms with van der Waals surface area (Å²) in [4.78, 5) is 18.2. The summed E-state index contributed by atoms with van der Waals surface area (Å²) in [6, 6.07) is 11.0. The quantitative estimate of drug-likeness (QED) is 0.198. The average molecular weight is 539 g/mol. The van der Waals surface area contributed by atoms with Crippen LogP contribution in [0.3, 0.4) is 0 Å². The Balaban J connectivity index is 1.42. The Bertz CT molecular complexity index is 1320. The molecular weight excluding hydrogens is 512 g/mol. The van der Waals surface area contributed by atoms with E-state index >= 15 is 0 Å². The third-order valence-corrected chi connectivity index (χ3v) is 6.84. The maximum atomic E-state index is 12.6. The van der Waals surface area contributed by atoms with Crippen molar-refractivity contribution in [2.45, 2.75) is 6.42 Å². The molecule has 0 aromatic heterocycles. The molecule has 0 spiro atoms. The van der Waals surface area contributed by atoms with Gasteiger partial charge in [-0.05, 0) is 54.1 Å². The number of fused-ring (bicyclic) bond motifs is 1. The third kappa shape index (κ3) is 5.83. The Labute approximate surface area is 223 Å². The van der Waals surface area contributed by atoms with Gasteiger partial charge >= 0.3 is 0 Å². The van der Waals surface area contributed by atoms with Gasteiger partial charge in [0.1, 0.15) is 19.0 Å². The molecule has 4 rings (SSSR count). The Hall–Kier alpha value is -3.70. The fourth-order valence-electron chi connectivity index (χ4n) is 3.62. The highest BCUT2D eigenvalue weighted by Crippen LogP contribution is 2.33. The SMILES string of the molecule is C=CCc1ccc(OCCOc2ccc(/C=C3/C(=N)N4C(SC)=NSC4=NC3=O)cc2OC)c(OC)c1.